The highest BCUT2D eigenvalue weighted by Gasteiger charge is 2.41. The van der Waals surface area contributed by atoms with Crippen LogP contribution in [0.2, 0.25) is 0 Å². The van der Waals surface area contributed by atoms with Crippen LogP contribution in [0.4, 0.5) is 4.39 Å². The van der Waals surface area contributed by atoms with Gasteiger partial charge in [0, 0.05) is 6.20 Å². The van der Waals surface area contributed by atoms with E-state index in [1.807, 2.05) is 6.92 Å². The van der Waals surface area contributed by atoms with Crippen molar-refractivity contribution in [1.82, 2.24) is 4.98 Å². The summed E-state index contributed by atoms with van der Waals surface area (Å²) in [6.07, 6.45) is 1.46. The molecular formula is C8H8FNO. The van der Waals surface area contributed by atoms with Crippen molar-refractivity contribution in [2.45, 2.75) is 12.5 Å². The summed E-state index contributed by atoms with van der Waals surface area (Å²) in [5.74, 6) is -0.445. The highest BCUT2D eigenvalue weighted by molar-refractivity contribution is 5.23. The highest BCUT2D eigenvalue weighted by atomic mass is 19.1. The number of aromatic nitrogens is 1. The van der Waals surface area contributed by atoms with Gasteiger partial charge in [-0.25, -0.2) is 4.98 Å². The van der Waals surface area contributed by atoms with Gasteiger partial charge in [-0.3, -0.25) is 0 Å². The molecule has 0 spiro atoms. The SMILES string of the molecule is CC1(c2ccnc(F)c2)CO1. The molecule has 2 rings (SSSR count). The lowest BCUT2D eigenvalue weighted by atomic mass is 10.0. The molecule has 1 aromatic heterocycles. The Morgan fingerprint density at radius 3 is 3.00 bits per heavy atom. The number of epoxide rings is 1. The van der Waals surface area contributed by atoms with Gasteiger partial charge in [0.2, 0.25) is 5.95 Å². The van der Waals surface area contributed by atoms with Crippen LogP contribution in [0.5, 0.6) is 0 Å². The molecule has 1 aromatic rings. The van der Waals surface area contributed by atoms with Crippen molar-refractivity contribution in [2.24, 2.45) is 0 Å². The first-order valence-electron chi connectivity index (χ1n) is 3.47. The summed E-state index contributed by atoms with van der Waals surface area (Å²) in [6, 6.07) is 3.18. The molecule has 0 N–H and O–H groups in total. The zero-order valence-electron chi connectivity index (χ0n) is 6.17. The van der Waals surface area contributed by atoms with Crippen LogP contribution in [0.3, 0.4) is 0 Å². The number of ether oxygens (including phenoxy) is 1. The van der Waals surface area contributed by atoms with E-state index in [4.69, 9.17) is 4.74 Å². The molecule has 1 unspecified atom stereocenters. The van der Waals surface area contributed by atoms with Crippen LogP contribution in [0, 0.1) is 5.95 Å². The summed E-state index contributed by atoms with van der Waals surface area (Å²) in [5.41, 5.74) is 0.619. The minimum atomic E-state index is -0.445. The van der Waals surface area contributed by atoms with Gasteiger partial charge in [0.1, 0.15) is 5.60 Å². The van der Waals surface area contributed by atoms with E-state index in [1.165, 1.54) is 12.3 Å². The predicted molar refractivity (Wildman–Crippen MR) is 37.5 cm³/mol. The quantitative estimate of drug-likeness (QED) is 0.451. The van der Waals surface area contributed by atoms with Gasteiger partial charge in [-0.05, 0) is 24.6 Å². The van der Waals surface area contributed by atoms with Crippen LogP contribution in [0.15, 0.2) is 18.3 Å². The molecule has 0 radical (unpaired) electrons. The Morgan fingerprint density at radius 2 is 2.45 bits per heavy atom. The van der Waals surface area contributed by atoms with Crippen molar-refractivity contribution >= 4 is 0 Å². The van der Waals surface area contributed by atoms with Crippen LogP contribution in [0.1, 0.15) is 12.5 Å². The largest absolute Gasteiger partial charge is 0.365 e. The highest BCUT2D eigenvalue weighted by Crippen LogP contribution is 2.37. The van der Waals surface area contributed by atoms with Crippen molar-refractivity contribution in [3.63, 3.8) is 0 Å². The Morgan fingerprint density at radius 1 is 1.73 bits per heavy atom. The molecule has 1 aliphatic rings. The normalized spacial score (nSPS) is 28.5. The number of nitrogens with zero attached hydrogens (tertiary/aromatic N) is 1. The molecule has 11 heavy (non-hydrogen) atoms. The molecule has 0 amide bonds. The van der Waals surface area contributed by atoms with E-state index < -0.39 is 5.95 Å². The Labute approximate surface area is 64.0 Å². The van der Waals surface area contributed by atoms with Gasteiger partial charge < -0.3 is 4.74 Å². The minimum absolute atomic E-state index is 0.246. The molecule has 1 fully saturated rings. The van der Waals surface area contributed by atoms with Crippen molar-refractivity contribution in [1.29, 1.82) is 0 Å². The maximum atomic E-state index is 12.6. The summed E-state index contributed by atoms with van der Waals surface area (Å²) in [6.45, 7) is 2.61. The number of rotatable bonds is 1. The molecule has 0 aromatic carbocycles. The van der Waals surface area contributed by atoms with Gasteiger partial charge in [0.25, 0.3) is 0 Å². The molecule has 3 heteroatoms. The molecule has 0 bridgehead atoms. The molecule has 0 saturated carbocycles. The van der Waals surface area contributed by atoms with Crippen LogP contribution in [-0.2, 0) is 10.3 Å². The van der Waals surface area contributed by atoms with Crippen LogP contribution < -0.4 is 0 Å². The Hall–Kier alpha value is -0.960. The summed E-state index contributed by atoms with van der Waals surface area (Å²) in [7, 11) is 0. The van der Waals surface area contributed by atoms with Crippen LogP contribution in [0.25, 0.3) is 0 Å². The monoisotopic (exact) mass is 153 g/mol. The Bertz CT molecular complexity index is 283. The topological polar surface area (TPSA) is 25.4 Å². The van der Waals surface area contributed by atoms with Crippen molar-refractivity contribution < 1.29 is 9.13 Å². The van der Waals surface area contributed by atoms with E-state index in [1.54, 1.807) is 6.07 Å². The lowest BCUT2D eigenvalue weighted by Crippen LogP contribution is -2.02. The van der Waals surface area contributed by atoms with Crippen molar-refractivity contribution in [3.05, 3.63) is 29.8 Å². The molecule has 0 aliphatic carbocycles. The van der Waals surface area contributed by atoms with Gasteiger partial charge in [0.05, 0.1) is 6.61 Å². The minimum Gasteiger partial charge on any atom is -0.365 e. The van der Waals surface area contributed by atoms with E-state index in [-0.39, 0.29) is 5.60 Å². The predicted octanol–water partition coefficient (Wildman–Crippen LogP) is 1.47. The van der Waals surface area contributed by atoms with Gasteiger partial charge in [-0.15, -0.1) is 0 Å². The lowest BCUT2D eigenvalue weighted by molar-refractivity contribution is 0.328. The number of hydrogen-bond acceptors (Lipinski definition) is 2. The average molecular weight is 153 g/mol. The first-order valence-corrected chi connectivity index (χ1v) is 3.47. The Kier molecular flexibility index (Phi) is 1.23. The summed E-state index contributed by atoms with van der Waals surface area (Å²) in [5, 5.41) is 0. The van der Waals surface area contributed by atoms with Gasteiger partial charge >= 0.3 is 0 Å². The fourth-order valence-corrected chi connectivity index (χ4v) is 1.01. The molecule has 2 heterocycles. The summed E-state index contributed by atoms with van der Waals surface area (Å²) < 4.78 is 17.7. The van der Waals surface area contributed by atoms with E-state index >= 15 is 0 Å². The maximum Gasteiger partial charge on any atom is 0.213 e. The summed E-state index contributed by atoms with van der Waals surface area (Å²) >= 11 is 0. The third-order valence-electron chi connectivity index (χ3n) is 1.91. The number of hydrogen-bond donors (Lipinski definition) is 0. The van der Waals surface area contributed by atoms with E-state index in [0.717, 1.165) is 5.56 Å². The standard InChI is InChI=1S/C8H8FNO/c1-8(5-11-8)6-2-3-10-7(9)4-6/h2-4H,5H2,1H3. The van der Waals surface area contributed by atoms with E-state index in [9.17, 15) is 4.39 Å². The van der Waals surface area contributed by atoms with E-state index in [2.05, 4.69) is 4.98 Å². The third kappa shape index (κ3) is 1.12. The number of halogens is 1. The fourth-order valence-electron chi connectivity index (χ4n) is 1.01. The zero-order chi connectivity index (χ0) is 7.90. The van der Waals surface area contributed by atoms with Crippen molar-refractivity contribution in [2.75, 3.05) is 6.61 Å². The lowest BCUT2D eigenvalue weighted by Gasteiger charge is -2.03. The Balaban J connectivity index is 2.38. The van der Waals surface area contributed by atoms with Gasteiger partial charge in [-0.1, -0.05) is 0 Å². The second-order valence-corrected chi connectivity index (χ2v) is 2.89. The van der Waals surface area contributed by atoms with Crippen LogP contribution in [-0.4, -0.2) is 11.6 Å². The second-order valence-electron chi connectivity index (χ2n) is 2.89. The third-order valence-corrected chi connectivity index (χ3v) is 1.91. The summed E-state index contributed by atoms with van der Waals surface area (Å²) in [4.78, 5) is 3.46. The average Bonchev–Trinajstić information content (AvgIpc) is 2.70. The van der Waals surface area contributed by atoms with Gasteiger partial charge in [0.15, 0.2) is 0 Å². The molecule has 1 atom stereocenters. The fraction of sp³-hybridized carbons (Fsp3) is 0.375. The van der Waals surface area contributed by atoms with Crippen LogP contribution >= 0.6 is 0 Å². The van der Waals surface area contributed by atoms with Crippen molar-refractivity contribution in [3.8, 4) is 0 Å². The second kappa shape index (κ2) is 2.01. The number of pyridine rings is 1. The molecule has 1 aliphatic heterocycles. The first-order chi connectivity index (χ1) is 5.21. The molecular weight excluding hydrogens is 145 g/mol. The smallest absolute Gasteiger partial charge is 0.213 e. The zero-order valence-corrected chi connectivity index (χ0v) is 6.17. The van der Waals surface area contributed by atoms with E-state index in [0.29, 0.717) is 6.61 Å². The molecule has 2 nitrogen and oxygen atoms in total. The molecule has 1 saturated heterocycles. The molecule has 58 valence electrons. The maximum absolute atomic E-state index is 12.6. The van der Waals surface area contributed by atoms with Gasteiger partial charge in [-0.2, -0.15) is 4.39 Å². The first kappa shape index (κ1) is 6.73.